The van der Waals surface area contributed by atoms with Crippen molar-refractivity contribution in [1.82, 2.24) is 5.32 Å². The van der Waals surface area contributed by atoms with E-state index in [1.54, 1.807) is 13.8 Å². The summed E-state index contributed by atoms with van der Waals surface area (Å²) >= 11 is 0. The van der Waals surface area contributed by atoms with E-state index in [-0.39, 0.29) is 12.1 Å². The minimum absolute atomic E-state index is 0.159. The van der Waals surface area contributed by atoms with Crippen molar-refractivity contribution < 1.29 is 13.5 Å². The molecule has 5 heteroatoms. The molecule has 0 aromatic rings. The number of rotatable bonds is 7. The van der Waals surface area contributed by atoms with E-state index in [1.165, 1.54) is 0 Å². The third-order valence-corrected chi connectivity index (χ3v) is 2.06. The summed E-state index contributed by atoms with van der Waals surface area (Å²) in [5.41, 5.74) is -0.740. The summed E-state index contributed by atoms with van der Waals surface area (Å²) in [5.74, 6) is 0. The van der Waals surface area contributed by atoms with Crippen LogP contribution in [0.3, 0.4) is 0 Å². The van der Waals surface area contributed by atoms with Gasteiger partial charge in [-0.2, -0.15) is 5.26 Å². The van der Waals surface area contributed by atoms with Gasteiger partial charge in [-0.25, -0.2) is 8.78 Å². The van der Waals surface area contributed by atoms with Crippen molar-refractivity contribution in [2.75, 3.05) is 6.61 Å². The highest BCUT2D eigenvalue weighted by Crippen LogP contribution is 2.15. The Hall–Kier alpha value is -0.730. The van der Waals surface area contributed by atoms with Crippen molar-refractivity contribution in [3.63, 3.8) is 0 Å². The second kappa shape index (κ2) is 6.77. The Labute approximate surface area is 95.8 Å². The summed E-state index contributed by atoms with van der Waals surface area (Å²) in [6.45, 7) is 6.72. The van der Waals surface area contributed by atoms with Gasteiger partial charge >= 0.3 is 0 Å². The minimum Gasteiger partial charge on any atom is -0.372 e. The van der Waals surface area contributed by atoms with Crippen LogP contribution in [0, 0.1) is 11.3 Å². The van der Waals surface area contributed by atoms with Gasteiger partial charge in [0, 0.05) is 12.5 Å². The molecule has 0 bridgehead atoms. The van der Waals surface area contributed by atoms with Crippen LogP contribution >= 0.6 is 0 Å². The molecule has 2 atom stereocenters. The van der Waals surface area contributed by atoms with Crippen LogP contribution in [0.2, 0.25) is 0 Å². The van der Waals surface area contributed by atoms with Gasteiger partial charge in [0.15, 0.2) is 0 Å². The Kier molecular flexibility index (Phi) is 6.46. The number of halogens is 2. The molecule has 0 aliphatic carbocycles. The Bertz CT molecular complexity index is 241. The fraction of sp³-hybridized carbons (Fsp3) is 0.909. The van der Waals surface area contributed by atoms with Gasteiger partial charge in [-0.1, -0.05) is 0 Å². The normalized spacial score (nSPS) is 17.2. The minimum atomic E-state index is -2.46. The van der Waals surface area contributed by atoms with E-state index in [2.05, 4.69) is 11.4 Å². The molecule has 0 radical (unpaired) electrons. The lowest BCUT2D eigenvalue weighted by molar-refractivity contribution is -0.0257. The van der Waals surface area contributed by atoms with E-state index >= 15 is 0 Å². The smallest absolute Gasteiger partial charge is 0.261 e. The molecule has 0 rings (SSSR count). The first-order chi connectivity index (χ1) is 7.29. The lowest BCUT2D eigenvalue weighted by atomic mass is 9.95. The van der Waals surface area contributed by atoms with Crippen LogP contribution in [0.25, 0.3) is 0 Å². The van der Waals surface area contributed by atoms with Crippen LogP contribution in [0.5, 0.6) is 0 Å². The largest absolute Gasteiger partial charge is 0.372 e. The van der Waals surface area contributed by atoms with Gasteiger partial charge in [-0.3, -0.25) is 5.32 Å². The zero-order chi connectivity index (χ0) is 12.8. The average molecular weight is 234 g/mol. The van der Waals surface area contributed by atoms with E-state index < -0.39 is 18.6 Å². The van der Waals surface area contributed by atoms with Gasteiger partial charge < -0.3 is 4.74 Å². The lowest BCUT2D eigenvalue weighted by Gasteiger charge is -2.28. The summed E-state index contributed by atoms with van der Waals surface area (Å²) in [7, 11) is 0. The monoisotopic (exact) mass is 234 g/mol. The van der Waals surface area contributed by atoms with Gasteiger partial charge in [0.25, 0.3) is 6.43 Å². The predicted molar refractivity (Wildman–Crippen MR) is 58.3 cm³/mol. The number of hydrogen-bond donors (Lipinski definition) is 1. The molecular weight excluding hydrogens is 214 g/mol. The fourth-order valence-electron chi connectivity index (χ4n) is 1.64. The molecular formula is C11H20F2N2O. The molecule has 0 heterocycles. The number of ether oxygens (including phenoxy) is 1. The number of alkyl halides is 2. The first kappa shape index (κ1) is 15.3. The molecule has 0 fully saturated rings. The summed E-state index contributed by atoms with van der Waals surface area (Å²) in [5, 5.41) is 12.1. The van der Waals surface area contributed by atoms with E-state index in [9.17, 15) is 8.78 Å². The molecule has 2 unspecified atom stereocenters. The third-order valence-electron chi connectivity index (χ3n) is 2.06. The molecule has 0 aliphatic rings. The maximum atomic E-state index is 11.9. The molecule has 0 aliphatic heterocycles. The van der Waals surface area contributed by atoms with E-state index in [0.717, 1.165) is 0 Å². The van der Waals surface area contributed by atoms with Gasteiger partial charge in [0.2, 0.25) is 0 Å². The van der Waals surface area contributed by atoms with Crippen LogP contribution in [-0.4, -0.2) is 30.7 Å². The first-order valence-electron chi connectivity index (χ1n) is 5.38. The highest BCUT2D eigenvalue weighted by Gasteiger charge is 2.27. The average Bonchev–Trinajstić information content (AvgIpc) is 2.13. The zero-order valence-electron chi connectivity index (χ0n) is 10.3. The molecule has 94 valence electrons. The van der Waals surface area contributed by atoms with Crippen molar-refractivity contribution in [3.8, 4) is 6.07 Å². The Morgan fingerprint density at radius 3 is 2.31 bits per heavy atom. The van der Waals surface area contributed by atoms with Crippen molar-refractivity contribution in [2.45, 2.75) is 58.2 Å². The maximum absolute atomic E-state index is 11.9. The molecule has 0 aromatic carbocycles. The van der Waals surface area contributed by atoms with Gasteiger partial charge in [-0.15, -0.1) is 0 Å². The first-order valence-corrected chi connectivity index (χ1v) is 5.38. The SMILES string of the molecule is CC(C)NC(C)(C#N)CC(C)OCC(F)F. The quantitative estimate of drug-likeness (QED) is 0.735. The summed E-state index contributed by atoms with van der Waals surface area (Å²) in [6.07, 6.45) is -2.45. The second-order valence-corrected chi connectivity index (χ2v) is 4.48. The molecule has 0 aromatic heterocycles. The maximum Gasteiger partial charge on any atom is 0.261 e. The molecule has 0 saturated carbocycles. The van der Waals surface area contributed by atoms with Crippen molar-refractivity contribution in [1.29, 1.82) is 5.26 Å². The fourth-order valence-corrected chi connectivity index (χ4v) is 1.64. The van der Waals surface area contributed by atoms with Crippen LogP contribution in [0.4, 0.5) is 8.78 Å². The van der Waals surface area contributed by atoms with Crippen molar-refractivity contribution in [2.24, 2.45) is 0 Å². The predicted octanol–water partition coefficient (Wildman–Crippen LogP) is 2.33. The van der Waals surface area contributed by atoms with Crippen molar-refractivity contribution in [3.05, 3.63) is 0 Å². The Morgan fingerprint density at radius 2 is 1.94 bits per heavy atom. The van der Waals surface area contributed by atoms with E-state index in [1.807, 2.05) is 13.8 Å². The topological polar surface area (TPSA) is 45.0 Å². The number of nitriles is 1. The van der Waals surface area contributed by atoms with E-state index in [4.69, 9.17) is 10.00 Å². The van der Waals surface area contributed by atoms with Crippen LogP contribution in [-0.2, 0) is 4.74 Å². The molecule has 1 N–H and O–H groups in total. The second-order valence-electron chi connectivity index (χ2n) is 4.48. The summed E-state index contributed by atoms with van der Waals surface area (Å²) in [6, 6.07) is 2.31. The van der Waals surface area contributed by atoms with Gasteiger partial charge in [0.05, 0.1) is 12.2 Å². The Morgan fingerprint density at radius 1 is 1.38 bits per heavy atom. The number of nitrogens with zero attached hydrogens (tertiary/aromatic N) is 1. The van der Waals surface area contributed by atoms with Gasteiger partial charge in [-0.05, 0) is 27.7 Å². The van der Waals surface area contributed by atoms with Crippen LogP contribution in [0.1, 0.15) is 34.1 Å². The standard InChI is InChI=1S/C11H20F2N2O/c1-8(2)15-11(4,7-14)5-9(3)16-6-10(12)13/h8-10,15H,5-6H2,1-4H3. The summed E-state index contributed by atoms with van der Waals surface area (Å²) in [4.78, 5) is 0. The zero-order valence-corrected chi connectivity index (χ0v) is 10.3. The van der Waals surface area contributed by atoms with Crippen LogP contribution < -0.4 is 5.32 Å². The highest BCUT2D eigenvalue weighted by molar-refractivity contribution is 5.05. The molecule has 0 amide bonds. The molecule has 0 spiro atoms. The van der Waals surface area contributed by atoms with E-state index in [0.29, 0.717) is 6.42 Å². The summed E-state index contributed by atoms with van der Waals surface area (Å²) < 4.78 is 28.8. The molecule has 16 heavy (non-hydrogen) atoms. The van der Waals surface area contributed by atoms with Crippen molar-refractivity contribution >= 4 is 0 Å². The number of nitrogens with one attached hydrogen (secondary N) is 1. The van der Waals surface area contributed by atoms with Gasteiger partial charge in [0.1, 0.15) is 12.1 Å². The van der Waals surface area contributed by atoms with Crippen LogP contribution in [0.15, 0.2) is 0 Å². The molecule has 3 nitrogen and oxygen atoms in total. The number of hydrogen-bond acceptors (Lipinski definition) is 3. The third kappa shape index (κ3) is 6.70. The highest BCUT2D eigenvalue weighted by atomic mass is 19.3. The lowest BCUT2D eigenvalue weighted by Crippen LogP contribution is -2.47. The molecule has 0 saturated heterocycles. The Balaban J connectivity index is 4.16.